The van der Waals surface area contributed by atoms with E-state index in [0.29, 0.717) is 12.2 Å². The summed E-state index contributed by atoms with van der Waals surface area (Å²) in [7, 11) is 2.19. The van der Waals surface area contributed by atoms with E-state index in [1.54, 1.807) is 6.26 Å². The molecule has 0 aliphatic heterocycles. The Hall–Kier alpha value is -1.05. The molecule has 4 heteroatoms. The van der Waals surface area contributed by atoms with Crippen molar-refractivity contribution >= 4 is 20.4 Å². The van der Waals surface area contributed by atoms with E-state index >= 15 is 0 Å². The molecule has 0 bridgehead atoms. The fraction of sp³-hybridized carbons (Fsp3) is 0.200. The normalized spacial score (nSPS) is 10.7. The van der Waals surface area contributed by atoms with Crippen LogP contribution in [-0.4, -0.2) is 11.7 Å². The Bertz CT molecular complexity index is 436. The van der Waals surface area contributed by atoms with E-state index in [0.717, 1.165) is 16.5 Å². The smallest absolute Gasteiger partial charge is 0.176 e. The Kier molecular flexibility index (Phi) is 2.71. The first-order valence-electron chi connectivity index (χ1n) is 4.33. The standard InChI is InChI=1S/C10H11O3P/c11-5-4-7-6-12-10-8(7)2-1-3-9(10)13-14/h1-3,6,11H,4-5,14H2. The van der Waals surface area contributed by atoms with Crippen molar-refractivity contribution in [3.63, 3.8) is 0 Å². The third-order valence-corrected chi connectivity index (χ3v) is 2.41. The van der Waals surface area contributed by atoms with Gasteiger partial charge in [-0.15, -0.1) is 0 Å². The highest BCUT2D eigenvalue weighted by Crippen LogP contribution is 2.30. The van der Waals surface area contributed by atoms with Crippen molar-refractivity contribution in [3.8, 4) is 5.75 Å². The zero-order valence-electron chi connectivity index (χ0n) is 7.56. The summed E-state index contributed by atoms with van der Waals surface area (Å²) < 4.78 is 10.5. The van der Waals surface area contributed by atoms with Gasteiger partial charge in [0.05, 0.1) is 15.7 Å². The molecule has 0 aliphatic rings. The van der Waals surface area contributed by atoms with Gasteiger partial charge in [-0.05, 0) is 12.5 Å². The van der Waals surface area contributed by atoms with Crippen molar-refractivity contribution < 1.29 is 14.0 Å². The molecule has 0 spiro atoms. The Morgan fingerprint density at radius 3 is 3.00 bits per heavy atom. The molecule has 14 heavy (non-hydrogen) atoms. The molecule has 1 unspecified atom stereocenters. The van der Waals surface area contributed by atoms with Gasteiger partial charge in [0, 0.05) is 17.6 Å². The van der Waals surface area contributed by atoms with Crippen molar-refractivity contribution in [2.45, 2.75) is 6.42 Å². The lowest BCUT2D eigenvalue weighted by atomic mass is 10.1. The van der Waals surface area contributed by atoms with Crippen molar-refractivity contribution in [2.75, 3.05) is 6.61 Å². The number of fused-ring (bicyclic) bond motifs is 1. The van der Waals surface area contributed by atoms with Crippen LogP contribution < -0.4 is 4.52 Å². The van der Waals surface area contributed by atoms with Crippen LogP contribution in [-0.2, 0) is 6.42 Å². The van der Waals surface area contributed by atoms with Crippen LogP contribution in [0.4, 0.5) is 0 Å². The summed E-state index contributed by atoms with van der Waals surface area (Å²) in [6, 6.07) is 5.69. The fourth-order valence-corrected chi connectivity index (χ4v) is 1.68. The van der Waals surface area contributed by atoms with E-state index in [1.165, 1.54) is 0 Å². The third kappa shape index (κ3) is 1.49. The maximum absolute atomic E-state index is 8.85. The van der Waals surface area contributed by atoms with Crippen LogP contribution in [0.2, 0.25) is 0 Å². The zero-order chi connectivity index (χ0) is 9.97. The summed E-state index contributed by atoms with van der Waals surface area (Å²) in [6.45, 7) is 0.126. The summed E-state index contributed by atoms with van der Waals surface area (Å²) in [4.78, 5) is 0. The van der Waals surface area contributed by atoms with Gasteiger partial charge >= 0.3 is 0 Å². The number of aliphatic hydroxyl groups is 1. The largest absolute Gasteiger partial charge is 0.476 e. The van der Waals surface area contributed by atoms with Gasteiger partial charge in [-0.3, -0.25) is 0 Å². The van der Waals surface area contributed by atoms with E-state index < -0.39 is 0 Å². The average Bonchev–Trinajstić information content (AvgIpc) is 2.62. The molecule has 2 aromatic rings. The SMILES string of the molecule is OCCc1coc2c(OP)cccc12. The summed E-state index contributed by atoms with van der Waals surface area (Å²) in [5, 5.41) is 9.85. The Morgan fingerprint density at radius 2 is 2.29 bits per heavy atom. The van der Waals surface area contributed by atoms with Crippen molar-refractivity contribution in [2.24, 2.45) is 0 Å². The van der Waals surface area contributed by atoms with Crippen LogP contribution in [0, 0.1) is 0 Å². The van der Waals surface area contributed by atoms with E-state index in [1.807, 2.05) is 18.2 Å². The van der Waals surface area contributed by atoms with Gasteiger partial charge in [0.1, 0.15) is 0 Å². The minimum Gasteiger partial charge on any atom is -0.476 e. The number of rotatable bonds is 3. The molecule has 2 rings (SSSR count). The summed E-state index contributed by atoms with van der Waals surface area (Å²) >= 11 is 0. The number of hydrogen-bond acceptors (Lipinski definition) is 3. The summed E-state index contributed by atoms with van der Waals surface area (Å²) in [5.74, 6) is 0.691. The molecule has 0 aliphatic carbocycles. The van der Waals surface area contributed by atoms with E-state index in [-0.39, 0.29) is 6.61 Å². The van der Waals surface area contributed by atoms with Crippen LogP contribution in [0.25, 0.3) is 11.0 Å². The van der Waals surface area contributed by atoms with Crippen LogP contribution in [0.15, 0.2) is 28.9 Å². The highest BCUT2D eigenvalue weighted by molar-refractivity contribution is 7.10. The van der Waals surface area contributed by atoms with Gasteiger partial charge in [0.2, 0.25) is 0 Å². The molecule has 0 fully saturated rings. The lowest BCUT2D eigenvalue weighted by Crippen LogP contribution is -1.87. The quantitative estimate of drug-likeness (QED) is 0.789. The van der Waals surface area contributed by atoms with Crippen LogP contribution in [0.3, 0.4) is 0 Å². The highest BCUT2D eigenvalue weighted by Gasteiger charge is 2.08. The lowest BCUT2D eigenvalue weighted by Gasteiger charge is -1.99. The number of aliphatic hydroxyl groups excluding tert-OH is 1. The number of benzene rings is 1. The zero-order valence-corrected chi connectivity index (χ0v) is 8.72. The van der Waals surface area contributed by atoms with Crippen molar-refractivity contribution in [3.05, 3.63) is 30.0 Å². The van der Waals surface area contributed by atoms with Crippen LogP contribution in [0.5, 0.6) is 5.75 Å². The maximum Gasteiger partial charge on any atom is 0.176 e. The molecule has 1 atom stereocenters. The van der Waals surface area contributed by atoms with Crippen LogP contribution >= 0.6 is 9.47 Å². The molecule has 1 aromatic heterocycles. The minimum atomic E-state index is 0.126. The molecule has 1 aromatic carbocycles. The average molecular weight is 210 g/mol. The van der Waals surface area contributed by atoms with Gasteiger partial charge in [0.15, 0.2) is 11.3 Å². The fourth-order valence-electron chi connectivity index (χ4n) is 1.49. The van der Waals surface area contributed by atoms with Gasteiger partial charge in [-0.1, -0.05) is 12.1 Å². The molecule has 0 radical (unpaired) electrons. The topological polar surface area (TPSA) is 42.6 Å². The van der Waals surface area contributed by atoms with Gasteiger partial charge in [-0.2, -0.15) is 0 Å². The Balaban J connectivity index is 2.57. The van der Waals surface area contributed by atoms with Crippen LogP contribution in [0.1, 0.15) is 5.56 Å². The lowest BCUT2D eigenvalue weighted by molar-refractivity contribution is 0.299. The second-order valence-electron chi connectivity index (χ2n) is 2.99. The molecule has 3 nitrogen and oxygen atoms in total. The predicted octanol–water partition coefficient (Wildman–Crippen LogP) is 2.14. The molecular formula is C10H11O3P. The van der Waals surface area contributed by atoms with E-state index in [2.05, 4.69) is 9.47 Å². The Labute approximate surface area is 84.0 Å². The molecule has 74 valence electrons. The molecule has 1 heterocycles. The second-order valence-corrected chi connectivity index (χ2v) is 3.22. The maximum atomic E-state index is 8.85. The minimum absolute atomic E-state index is 0.126. The van der Waals surface area contributed by atoms with E-state index in [4.69, 9.17) is 14.0 Å². The Morgan fingerprint density at radius 1 is 1.43 bits per heavy atom. The molecule has 0 amide bonds. The van der Waals surface area contributed by atoms with Crippen molar-refractivity contribution in [1.82, 2.24) is 0 Å². The molecule has 0 saturated carbocycles. The monoisotopic (exact) mass is 210 g/mol. The number of hydrogen-bond donors (Lipinski definition) is 1. The molecule has 0 saturated heterocycles. The first kappa shape index (κ1) is 9.50. The number of para-hydroxylation sites is 1. The first-order valence-corrected chi connectivity index (χ1v) is 4.80. The summed E-state index contributed by atoms with van der Waals surface area (Å²) in [6.07, 6.45) is 2.27. The predicted molar refractivity (Wildman–Crippen MR) is 57.3 cm³/mol. The van der Waals surface area contributed by atoms with Gasteiger partial charge < -0.3 is 14.0 Å². The third-order valence-electron chi connectivity index (χ3n) is 2.15. The molecule has 1 N–H and O–H groups in total. The van der Waals surface area contributed by atoms with Crippen molar-refractivity contribution in [1.29, 1.82) is 0 Å². The van der Waals surface area contributed by atoms with Gasteiger partial charge in [0.25, 0.3) is 0 Å². The number of furan rings is 1. The second kappa shape index (κ2) is 3.99. The first-order chi connectivity index (χ1) is 6.86. The molecular weight excluding hydrogens is 199 g/mol. The summed E-state index contributed by atoms with van der Waals surface area (Å²) in [5.41, 5.74) is 1.73. The highest BCUT2D eigenvalue weighted by atomic mass is 31.0. The van der Waals surface area contributed by atoms with E-state index in [9.17, 15) is 0 Å². The van der Waals surface area contributed by atoms with Gasteiger partial charge in [-0.25, -0.2) is 0 Å².